The Balaban J connectivity index is 1.60. The molecule has 34 heavy (non-hydrogen) atoms. The van der Waals surface area contributed by atoms with Crippen molar-refractivity contribution in [1.82, 2.24) is 9.62 Å². The zero-order valence-corrected chi connectivity index (χ0v) is 21.5. The second-order valence-electron chi connectivity index (χ2n) is 10.1. The van der Waals surface area contributed by atoms with E-state index in [1.807, 2.05) is 6.07 Å². The lowest BCUT2D eigenvalue weighted by Crippen LogP contribution is -2.59. The van der Waals surface area contributed by atoms with Crippen LogP contribution in [0.2, 0.25) is 0 Å². The number of sulfonamides is 1. The number of nitrogens with one attached hydrogen (secondary N) is 1. The minimum Gasteiger partial charge on any atom is -0.450 e. The molecule has 0 radical (unpaired) electrons. The van der Waals surface area contributed by atoms with E-state index in [1.165, 1.54) is 12.5 Å². The van der Waals surface area contributed by atoms with Crippen LogP contribution in [0, 0.1) is 5.92 Å². The summed E-state index contributed by atoms with van der Waals surface area (Å²) < 4.78 is 38.0. The molecule has 1 heterocycles. The van der Waals surface area contributed by atoms with Gasteiger partial charge in [-0.2, -0.15) is 0 Å². The van der Waals surface area contributed by atoms with Crippen LogP contribution in [0.4, 0.5) is 0 Å². The molecule has 1 amide bonds. The molecule has 2 unspecified atom stereocenters. The maximum absolute atomic E-state index is 13.0. The lowest BCUT2D eigenvalue weighted by Gasteiger charge is -2.41. The van der Waals surface area contributed by atoms with Crippen LogP contribution in [0.5, 0.6) is 0 Å². The van der Waals surface area contributed by atoms with Gasteiger partial charge >= 0.3 is 5.97 Å². The molecule has 2 atom stereocenters. The summed E-state index contributed by atoms with van der Waals surface area (Å²) in [7, 11) is -3.42. The van der Waals surface area contributed by atoms with Crippen molar-refractivity contribution in [2.45, 2.75) is 76.5 Å². The summed E-state index contributed by atoms with van der Waals surface area (Å²) >= 11 is 0. The van der Waals surface area contributed by atoms with Crippen molar-refractivity contribution < 1.29 is 27.5 Å². The number of hydrogen-bond acceptors (Lipinski definition) is 6. The highest BCUT2D eigenvalue weighted by atomic mass is 32.2. The Morgan fingerprint density at radius 1 is 1.09 bits per heavy atom. The molecular formula is C25H38N2O6S. The Bertz CT molecular complexity index is 941. The van der Waals surface area contributed by atoms with Crippen LogP contribution in [0.15, 0.2) is 30.3 Å². The van der Waals surface area contributed by atoms with Crippen LogP contribution in [0.3, 0.4) is 0 Å². The molecule has 190 valence electrons. The molecule has 1 N–H and O–H groups in total. The fraction of sp³-hybridized carbons (Fsp3) is 0.680. The molecule has 1 aromatic carbocycles. The van der Waals surface area contributed by atoms with Gasteiger partial charge in [-0.05, 0) is 63.4 Å². The van der Waals surface area contributed by atoms with Crippen LogP contribution >= 0.6 is 0 Å². The average Bonchev–Trinajstić information content (AvgIpc) is 2.77. The van der Waals surface area contributed by atoms with Crippen LogP contribution in [-0.2, 0) is 29.1 Å². The zero-order chi connectivity index (χ0) is 24.9. The van der Waals surface area contributed by atoms with E-state index in [2.05, 4.69) is 29.0 Å². The van der Waals surface area contributed by atoms with Gasteiger partial charge in [0.05, 0.1) is 18.4 Å². The van der Waals surface area contributed by atoms with Crippen molar-refractivity contribution in [1.29, 1.82) is 0 Å². The molecule has 2 aliphatic rings. The minimum atomic E-state index is -3.42. The number of ether oxygens (including phenoxy) is 2. The molecule has 1 aliphatic heterocycles. The molecule has 1 saturated heterocycles. The standard InChI is InChI=1S/C25H38N2O6S/c1-18(28)33-25(2,3)24(29)27-15-14-22(26-34(4,30)31)23(16-27)32-17-19-10-12-21(13-11-19)20-8-6-5-7-9-20/h5-9,19,21-23,26H,10-17H2,1-4H3. The molecule has 2 fully saturated rings. The Kier molecular flexibility index (Phi) is 8.76. The quantitative estimate of drug-likeness (QED) is 0.558. The molecular weight excluding hydrogens is 456 g/mol. The monoisotopic (exact) mass is 494 g/mol. The van der Waals surface area contributed by atoms with Gasteiger partial charge in [-0.25, -0.2) is 13.1 Å². The van der Waals surface area contributed by atoms with Crippen molar-refractivity contribution in [3.05, 3.63) is 35.9 Å². The fourth-order valence-corrected chi connectivity index (χ4v) is 5.93. The molecule has 1 aromatic rings. The summed E-state index contributed by atoms with van der Waals surface area (Å²) in [6.45, 7) is 5.55. The molecule has 0 aromatic heterocycles. The van der Waals surface area contributed by atoms with Crippen LogP contribution in [-0.4, -0.2) is 68.9 Å². The van der Waals surface area contributed by atoms with E-state index in [-0.39, 0.29) is 12.5 Å². The van der Waals surface area contributed by atoms with Crippen molar-refractivity contribution >= 4 is 21.9 Å². The lowest BCUT2D eigenvalue weighted by molar-refractivity contribution is -0.171. The highest BCUT2D eigenvalue weighted by molar-refractivity contribution is 7.88. The molecule has 3 rings (SSSR count). The molecule has 9 heteroatoms. The van der Waals surface area contributed by atoms with Gasteiger partial charge in [0, 0.05) is 26.6 Å². The van der Waals surface area contributed by atoms with Gasteiger partial charge in [0.1, 0.15) is 0 Å². The third-order valence-corrected chi connectivity index (χ3v) is 7.52. The van der Waals surface area contributed by atoms with E-state index in [4.69, 9.17) is 9.47 Å². The van der Waals surface area contributed by atoms with Gasteiger partial charge in [0.25, 0.3) is 5.91 Å². The first-order valence-electron chi connectivity index (χ1n) is 12.1. The number of benzene rings is 1. The maximum atomic E-state index is 13.0. The van der Waals surface area contributed by atoms with Crippen molar-refractivity contribution in [3.63, 3.8) is 0 Å². The van der Waals surface area contributed by atoms with Crippen molar-refractivity contribution in [2.24, 2.45) is 5.92 Å². The van der Waals surface area contributed by atoms with Crippen LogP contribution < -0.4 is 4.72 Å². The fourth-order valence-electron chi connectivity index (χ4n) is 5.11. The highest BCUT2D eigenvalue weighted by Crippen LogP contribution is 2.36. The van der Waals surface area contributed by atoms with Gasteiger partial charge in [0.15, 0.2) is 5.60 Å². The average molecular weight is 495 g/mol. The van der Waals surface area contributed by atoms with E-state index in [0.29, 0.717) is 31.4 Å². The molecule has 1 saturated carbocycles. The first-order valence-corrected chi connectivity index (χ1v) is 14.0. The number of esters is 1. The summed E-state index contributed by atoms with van der Waals surface area (Å²) in [6, 6.07) is 10.2. The van der Waals surface area contributed by atoms with E-state index in [0.717, 1.165) is 31.9 Å². The zero-order valence-electron chi connectivity index (χ0n) is 20.7. The SMILES string of the molecule is CC(=O)OC(C)(C)C(=O)N1CCC(NS(C)(=O)=O)C(OCC2CCC(c3ccccc3)CC2)C1. The molecule has 1 aliphatic carbocycles. The molecule has 0 spiro atoms. The summed E-state index contributed by atoms with van der Waals surface area (Å²) in [4.78, 5) is 26.1. The van der Waals surface area contributed by atoms with E-state index in [1.54, 1.807) is 18.7 Å². The molecule has 0 bridgehead atoms. The number of piperidine rings is 1. The smallest absolute Gasteiger partial charge is 0.303 e. The lowest BCUT2D eigenvalue weighted by atomic mass is 9.79. The number of carbonyl (C=O) groups is 2. The van der Waals surface area contributed by atoms with Crippen LogP contribution in [0.1, 0.15) is 64.4 Å². The first kappa shape index (κ1) is 26.6. The van der Waals surface area contributed by atoms with Crippen molar-refractivity contribution in [3.8, 4) is 0 Å². The normalized spacial score (nSPS) is 26.2. The third kappa shape index (κ3) is 7.52. The van der Waals surface area contributed by atoms with E-state index >= 15 is 0 Å². The topological polar surface area (TPSA) is 102 Å². The summed E-state index contributed by atoms with van der Waals surface area (Å²) in [5.41, 5.74) is 0.0969. The van der Waals surface area contributed by atoms with Gasteiger partial charge in [-0.3, -0.25) is 9.59 Å². The number of amides is 1. The van der Waals surface area contributed by atoms with Crippen molar-refractivity contribution in [2.75, 3.05) is 26.0 Å². The van der Waals surface area contributed by atoms with Gasteiger partial charge in [-0.1, -0.05) is 30.3 Å². The highest BCUT2D eigenvalue weighted by Gasteiger charge is 2.41. The summed E-state index contributed by atoms with van der Waals surface area (Å²) in [5.74, 6) is 0.147. The van der Waals surface area contributed by atoms with Crippen LogP contribution in [0.25, 0.3) is 0 Å². The predicted octanol–water partition coefficient (Wildman–Crippen LogP) is 2.84. The largest absolute Gasteiger partial charge is 0.450 e. The summed E-state index contributed by atoms with van der Waals surface area (Å²) in [5, 5.41) is 0. The Hall–Kier alpha value is -1.97. The number of nitrogens with zero attached hydrogens (tertiary/aromatic N) is 1. The Morgan fingerprint density at radius 2 is 1.74 bits per heavy atom. The maximum Gasteiger partial charge on any atom is 0.303 e. The van der Waals surface area contributed by atoms with E-state index < -0.39 is 33.7 Å². The number of likely N-dealkylation sites (tertiary alicyclic amines) is 1. The van der Waals surface area contributed by atoms with E-state index in [9.17, 15) is 18.0 Å². The van der Waals surface area contributed by atoms with Gasteiger partial charge < -0.3 is 14.4 Å². The molecule has 8 nitrogen and oxygen atoms in total. The van der Waals surface area contributed by atoms with Gasteiger partial charge in [0.2, 0.25) is 10.0 Å². The summed E-state index contributed by atoms with van der Waals surface area (Å²) in [6.07, 6.45) is 5.42. The second kappa shape index (κ2) is 11.2. The Morgan fingerprint density at radius 3 is 2.32 bits per heavy atom. The first-order chi connectivity index (χ1) is 15.9. The Labute approximate surface area is 203 Å². The minimum absolute atomic E-state index is 0.246. The number of carbonyl (C=O) groups excluding carboxylic acids is 2. The predicted molar refractivity (Wildman–Crippen MR) is 130 cm³/mol. The number of rotatable bonds is 8. The third-order valence-electron chi connectivity index (χ3n) is 6.79. The second-order valence-corrected chi connectivity index (χ2v) is 11.9. The van der Waals surface area contributed by atoms with Gasteiger partial charge in [-0.15, -0.1) is 0 Å². The number of hydrogen-bond donors (Lipinski definition) is 1.